The molecule has 1 aliphatic heterocycles. The van der Waals surface area contributed by atoms with Crippen LogP contribution in [0.15, 0.2) is 84.9 Å². The fourth-order valence-corrected chi connectivity index (χ4v) is 4.45. The summed E-state index contributed by atoms with van der Waals surface area (Å²) < 4.78 is 19.6. The van der Waals surface area contributed by atoms with Crippen molar-refractivity contribution in [3.8, 4) is 5.75 Å². The van der Waals surface area contributed by atoms with Gasteiger partial charge < -0.3 is 10.1 Å². The summed E-state index contributed by atoms with van der Waals surface area (Å²) in [6, 6.07) is 23.5. The summed E-state index contributed by atoms with van der Waals surface area (Å²) in [4.78, 5) is 0. The molecule has 0 bridgehead atoms. The van der Waals surface area contributed by atoms with Crippen molar-refractivity contribution in [1.82, 2.24) is 0 Å². The van der Waals surface area contributed by atoms with Crippen molar-refractivity contribution in [3.05, 3.63) is 107 Å². The number of rotatable bonds is 4. The Hall–Kier alpha value is -3.07. The molecule has 3 aromatic carbocycles. The number of benzene rings is 3. The van der Waals surface area contributed by atoms with Crippen LogP contribution in [0.5, 0.6) is 5.75 Å². The Morgan fingerprint density at radius 1 is 0.929 bits per heavy atom. The third-order valence-electron chi connectivity index (χ3n) is 5.82. The molecule has 28 heavy (non-hydrogen) atoms. The molecule has 2 nitrogen and oxygen atoms in total. The van der Waals surface area contributed by atoms with E-state index in [1.54, 1.807) is 12.1 Å². The summed E-state index contributed by atoms with van der Waals surface area (Å²) in [6.45, 7) is 0.532. The normalized spacial score (nSPS) is 22.2. The van der Waals surface area contributed by atoms with Gasteiger partial charge in [0.05, 0.1) is 11.7 Å². The van der Waals surface area contributed by atoms with Crippen molar-refractivity contribution in [2.75, 3.05) is 5.32 Å². The fraction of sp³-hybridized carbons (Fsp3) is 0.200. The Morgan fingerprint density at radius 2 is 1.75 bits per heavy atom. The van der Waals surface area contributed by atoms with Crippen molar-refractivity contribution < 1.29 is 9.13 Å². The second kappa shape index (κ2) is 7.16. The van der Waals surface area contributed by atoms with Crippen molar-refractivity contribution in [3.63, 3.8) is 0 Å². The highest BCUT2D eigenvalue weighted by Crippen LogP contribution is 2.52. The Labute approximate surface area is 164 Å². The van der Waals surface area contributed by atoms with E-state index < -0.39 is 0 Å². The Bertz CT molecular complexity index is 997. The lowest BCUT2D eigenvalue weighted by Gasteiger charge is -2.38. The molecule has 3 aromatic rings. The number of hydrogen-bond donors (Lipinski definition) is 1. The minimum Gasteiger partial charge on any atom is -0.487 e. The molecule has 0 radical (unpaired) electrons. The van der Waals surface area contributed by atoms with Gasteiger partial charge in [0.15, 0.2) is 0 Å². The van der Waals surface area contributed by atoms with E-state index in [9.17, 15) is 4.39 Å². The van der Waals surface area contributed by atoms with Gasteiger partial charge in [-0.1, -0.05) is 66.7 Å². The molecule has 3 unspecified atom stereocenters. The van der Waals surface area contributed by atoms with Crippen LogP contribution in [0.4, 0.5) is 10.1 Å². The molecule has 140 valence electrons. The van der Waals surface area contributed by atoms with Gasteiger partial charge in [0.2, 0.25) is 0 Å². The third kappa shape index (κ3) is 3.07. The van der Waals surface area contributed by atoms with Crippen molar-refractivity contribution in [2.45, 2.75) is 25.0 Å². The molecule has 0 saturated carbocycles. The summed E-state index contributed by atoms with van der Waals surface area (Å²) in [5, 5.41) is 3.72. The minimum absolute atomic E-state index is 0.134. The molecule has 0 fully saturated rings. The number of fused-ring (bicyclic) bond motifs is 3. The maximum atomic E-state index is 13.4. The highest BCUT2D eigenvalue weighted by Gasteiger charge is 2.38. The van der Waals surface area contributed by atoms with Gasteiger partial charge in [0.1, 0.15) is 18.2 Å². The molecule has 0 amide bonds. The predicted octanol–water partition coefficient (Wildman–Crippen LogP) is 6.23. The van der Waals surface area contributed by atoms with Crippen LogP contribution >= 0.6 is 0 Å². The van der Waals surface area contributed by atoms with Gasteiger partial charge in [0, 0.05) is 5.92 Å². The molecular formula is C25H22FNO. The Kier molecular flexibility index (Phi) is 4.36. The number of hydrogen-bond acceptors (Lipinski definition) is 2. The fourth-order valence-electron chi connectivity index (χ4n) is 4.45. The zero-order valence-electron chi connectivity index (χ0n) is 15.5. The highest BCUT2D eigenvalue weighted by molar-refractivity contribution is 5.67. The van der Waals surface area contributed by atoms with Crippen LogP contribution < -0.4 is 10.1 Å². The lowest BCUT2D eigenvalue weighted by Crippen LogP contribution is -2.29. The van der Waals surface area contributed by atoms with Crippen LogP contribution in [0, 0.1) is 11.7 Å². The van der Waals surface area contributed by atoms with Crippen LogP contribution in [0.2, 0.25) is 0 Å². The highest BCUT2D eigenvalue weighted by atomic mass is 19.1. The maximum absolute atomic E-state index is 13.4. The van der Waals surface area contributed by atoms with E-state index >= 15 is 0 Å². The van der Waals surface area contributed by atoms with Crippen LogP contribution in [0.1, 0.15) is 35.1 Å². The molecule has 1 aliphatic carbocycles. The largest absolute Gasteiger partial charge is 0.487 e. The van der Waals surface area contributed by atoms with E-state index in [2.05, 4.69) is 41.7 Å². The van der Waals surface area contributed by atoms with Gasteiger partial charge in [0.25, 0.3) is 0 Å². The van der Waals surface area contributed by atoms with Crippen molar-refractivity contribution in [1.29, 1.82) is 0 Å². The first-order valence-corrected chi connectivity index (χ1v) is 9.78. The van der Waals surface area contributed by atoms with E-state index in [0.29, 0.717) is 18.4 Å². The van der Waals surface area contributed by atoms with E-state index in [1.165, 1.54) is 5.56 Å². The Balaban J connectivity index is 1.49. The number of ether oxygens (including phenoxy) is 1. The first-order valence-electron chi connectivity index (χ1n) is 9.78. The minimum atomic E-state index is -0.201. The topological polar surface area (TPSA) is 21.3 Å². The van der Waals surface area contributed by atoms with Crippen LogP contribution in [-0.4, -0.2) is 0 Å². The summed E-state index contributed by atoms with van der Waals surface area (Å²) in [5.74, 6) is 1.45. The summed E-state index contributed by atoms with van der Waals surface area (Å²) in [5.41, 5.74) is 4.59. The summed E-state index contributed by atoms with van der Waals surface area (Å²) in [7, 11) is 0. The summed E-state index contributed by atoms with van der Waals surface area (Å²) >= 11 is 0. The zero-order chi connectivity index (χ0) is 18.9. The van der Waals surface area contributed by atoms with Gasteiger partial charge in [-0.3, -0.25) is 0 Å². The molecule has 0 spiro atoms. The first kappa shape index (κ1) is 17.1. The van der Waals surface area contributed by atoms with Crippen LogP contribution in [0.25, 0.3) is 0 Å². The SMILES string of the molecule is Fc1ccc(C2Nc3c(OCc4ccccc4)cccc3C3C=CCC32)cc1. The molecule has 5 rings (SSSR count). The molecule has 0 saturated heterocycles. The lowest BCUT2D eigenvalue weighted by molar-refractivity contribution is 0.304. The maximum Gasteiger partial charge on any atom is 0.143 e. The van der Waals surface area contributed by atoms with Gasteiger partial charge >= 0.3 is 0 Å². The van der Waals surface area contributed by atoms with Crippen LogP contribution in [-0.2, 0) is 6.61 Å². The van der Waals surface area contributed by atoms with E-state index in [-0.39, 0.29) is 11.9 Å². The quantitative estimate of drug-likeness (QED) is 0.549. The molecule has 2 aliphatic rings. The molecule has 0 aromatic heterocycles. The smallest absolute Gasteiger partial charge is 0.143 e. The number of allylic oxidation sites excluding steroid dienone is 2. The zero-order valence-corrected chi connectivity index (χ0v) is 15.5. The van der Waals surface area contributed by atoms with Gasteiger partial charge in [-0.2, -0.15) is 0 Å². The number of para-hydroxylation sites is 1. The molecular weight excluding hydrogens is 349 g/mol. The lowest BCUT2D eigenvalue weighted by atomic mass is 9.77. The predicted molar refractivity (Wildman–Crippen MR) is 110 cm³/mol. The van der Waals surface area contributed by atoms with Gasteiger partial charge in [-0.05, 0) is 47.2 Å². The monoisotopic (exact) mass is 371 g/mol. The van der Waals surface area contributed by atoms with Gasteiger partial charge in [-0.25, -0.2) is 4.39 Å². The van der Waals surface area contributed by atoms with Crippen LogP contribution in [0.3, 0.4) is 0 Å². The van der Waals surface area contributed by atoms with E-state index in [1.807, 2.05) is 36.4 Å². The average molecular weight is 371 g/mol. The number of anilines is 1. The number of nitrogens with one attached hydrogen (secondary N) is 1. The molecule has 1 heterocycles. The van der Waals surface area contributed by atoms with Crippen molar-refractivity contribution >= 4 is 5.69 Å². The van der Waals surface area contributed by atoms with E-state index in [4.69, 9.17) is 4.74 Å². The molecule has 1 N–H and O–H groups in total. The van der Waals surface area contributed by atoms with Crippen molar-refractivity contribution in [2.24, 2.45) is 5.92 Å². The van der Waals surface area contributed by atoms with Gasteiger partial charge in [-0.15, -0.1) is 0 Å². The second-order valence-electron chi connectivity index (χ2n) is 7.52. The Morgan fingerprint density at radius 3 is 2.57 bits per heavy atom. The van der Waals surface area contributed by atoms with E-state index in [0.717, 1.165) is 29.0 Å². The first-order chi connectivity index (χ1) is 13.8. The molecule has 3 heteroatoms. The standard InChI is InChI=1S/C25H22FNO/c26-19-14-12-18(13-15-19)24-21-9-4-8-20(21)22-10-5-11-23(25(22)27-24)28-16-17-6-2-1-3-7-17/h1-8,10-15,20-21,24,27H,9,16H2. The average Bonchev–Trinajstić information content (AvgIpc) is 3.23. The molecule has 3 atom stereocenters. The number of halogens is 1. The third-order valence-corrected chi connectivity index (χ3v) is 5.82. The summed E-state index contributed by atoms with van der Waals surface area (Å²) in [6.07, 6.45) is 5.59. The second-order valence-corrected chi connectivity index (χ2v) is 7.52.